The number of aliphatic hydroxyl groups excluding tert-OH is 4. The Hall–Kier alpha value is -3.75. The molecular formula is C21H20O13. The first-order valence-corrected chi connectivity index (χ1v) is 9.79. The molecule has 13 nitrogen and oxygen atoms in total. The second-order valence-corrected chi connectivity index (χ2v) is 7.58. The molecule has 5 atom stereocenters. The molecule has 4 rings (SSSR count). The predicted octanol–water partition coefficient (Wildman–Crippen LogP) is -0.833. The van der Waals surface area contributed by atoms with E-state index in [1.54, 1.807) is 0 Å². The zero-order valence-electron chi connectivity index (χ0n) is 17.1. The van der Waals surface area contributed by atoms with Crippen molar-refractivity contribution < 1.29 is 59.8 Å². The van der Waals surface area contributed by atoms with E-state index in [1.165, 1.54) is 6.07 Å². The smallest absolute Gasteiger partial charge is 0.238 e. The standard InChI is InChI=1S/C21H20O13/c22-5-11-13(27)15(29)17(31)21(32-11)34-19-10(26)4-9(25)12-14(28)16(30)18(33-20(12)19)6-1-2-7(23)8(24)3-6/h1-4,11,13,15,17,21-27,29-31H,5H2/t11-,13?,15-,17-,21+/m1/s1. The van der Waals surface area contributed by atoms with Crippen molar-refractivity contribution in [2.45, 2.75) is 30.7 Å². The van der Waals surface area contributed by atoms with Gasteiger partial charge in [-0.1, -0.05) is 0 Å². The van der Waals surface area contributed by atoms with E-state index in [2.05, 4.69) is 0 Å². The van der Waals surface area contributed by atoms with Crippen molar-refractivity contribution in [1.82, 2.24) is 0 Å². The van der Waals surface area contributed by atoms with Crippen molar-refractivity contribution in [2.24, 2.45) is 0 Å². The predicted molar refractivity (Wildman–Crippen MR) is 111 cm³/mol. The van der Waals surface area contributed by atoms with E-state index in [9.17, 15) is 50.8 Å². The van der Waals surface area contributed by atoms with Gasteiger partial charge in [0, 0.05) is 11.6 Å². The van der Waals surface area contributed by atoms with Crippen LogP contribution >= 0.6 is 0 Å². The van der Waals surface area contributed by atoms with Crippen molar-refractivity contribution in [2.75, 3.05) is 6.61 Å². The molecule has 0 radical (unpaired) electrons. The van der Waals surface area contributed by atoms with Crippen LogP contribution < -0.4 is 10.2 Å². The molecule has 182 valence electrons. The lowest BCUT2D eigenvalue weighted by Crippen LogP contribution is -2.60. The maximum atomic E-state index is 12.8. The second-order valence-electron chi connectivity index (χ2n) is 7.58. The molecule has 0 saturated carbocycles. The normalized spacial score (nSPS) is 24.9. The second kappa shape index (κ2) is 8.55. The summed E-state index contributed by atoms with van der Waals surface area (Å²) in [5.74, 6) is -4.84. The third kappa shape index (κ3) is 3.70. The van der Waals surface area contributed by atoms with Gasteiger partial charge in [0.25, 0.3) is 0 Å². The number of phenols is 4. The van der Waals surface area contributed by atoms with E-state index in [-0.39, 0.29) is 5.56 Å². The van der Waals surface area contributed by atoms with Gasteiger partial charge in [0.15, 0.2) is 28.6 Å². The summed E-state index contributed by atoms with van der Waals surface area (Å²) in [5.41, 5.74) is -1.84. The molecule has 2 aromatic carbocycles. The summed E-state index contributed by atoms with van der Waals surface area (Å²) < 4.78 is 16.2. The number of aromatic hydroxyl groups is 5. The summed E-state index contributed by atoms with van der Waals surface area (Å²) >= 11 is 0. The number of rotatable bonds is 4. The van der Waals surface area contributed by atoms with Crippen molar-refractivity contribution in [3.05, 3.63) is 34.5 Å². The summed E-state index contributed by atoms with van der Waals surface area (Å²) in [7, 11) is 0. The summed E-state index contributed by atoms with van der Waals surface area (Å²) in [5, 5.41) is 89.0. The monoisotopic (exact) mass is 480 g/mol. The Morgan fingerprint density at radius 3 is 2.21 bits per heavy atom. The van der Waals surface area contributed by atoms with Gasteiger partial charge in [0.05, 0.1) is 6.61 Å². The van der Waals surface area contributed by atoms with E-state index >= 15 is 0 Å². The highest BCUT2D eigenvalue weighted by Crippen LogP contribution is 2.44. The Labute approximate surface area is 189 Å². The minimum Gasteiger partial charge on any atom is -0.507 e. The van der Waals surface area contributed by atoms with Crippen LogP contribution in [0.1, 0.15) is 0 Å². The number of ether oxygens (including phenoxy) is 2. The summed E-state index contributed by atoms with van der Waals surface area (Å²) in [4.78, 5) is 12.8. The topological polar surface area (TPSA) is 231 Å². The van der Waals surface area contributed by atoms with Crippen LogP contribution in [0.25, 0.3) is 22.3 Å². The molecule has 1 aromatic heterocycles. The number of benzene rings is 2. The highest BCUT2D eigenvalue weighted by molar-refractivity contribution is 5.93. The van der Waals surface area contributed by atoms with Gasteiger partial charge in [-0.25, -0.2) is 0 Å². The van der Waals surface area contributed by atoms with Crippen molar-refractivity contribution in [1.29, 1.82) is 0 Å². The molecule has 34 heavy (non-hydrogen) atoms. The first-order valence-electron chi connectivity index (χ1n) is 9.79. The zero-order valence-corrected chi connectivity index (χ0v) is 17.1. The molecule has 1 aliphatic rings. The SMILES string of the molecule is O=c1c(O)c(-c2ccc(O)c(O)c2)oc2c(O[C@@H]3O[C@H](CO)C(O)[C@@H](O)[C@H]3O)c(O)cc(O)c12. The van der Waals surface area contributed by atoms with E-state index in [4.69, 9.17) is 13.9 Å². The van der Waals surface area contributed by atoms with Crippen LogP contribution in [0.5, 0.6) is 34.5 Å². The molecule has 0 amide bonds. The number of hydrogen-bond acceptors (Lipinski definition) is 13. The largest absolute Gasteiger partial charge is 0.507 e. The van der Waals surface area contributed by atoms with Crippen molar-refractivity contribution in [3.63, 3.8) is 0 Å². The fraction of sp³-hybridized carbons (Fsp3) is 0.286. The minimum absolute atomic E-state index is 0.0755. The lowest BCUT2D eigenvalue weighted by Gasteiger charge is -2.39. The molecule has 13 heteroatoms. The van der Waals surface area contributed by atoms with E-state index in [0.29, 0.717) is 6.07 Å². The first kappa shape index (κ1) is 23.4. The molecule has 1 aliphatic heterocycles. The summed E-state index contributed by atoms with van der Waals surface area (Å²) in [6, 6.07) is 3.92. The summed E-state index contributed by atoms with van der Waals surface area (Å²) in [6.07, 6.45) is -8.50. The van der Waals surface area contributed by atoms with Crippen molar-refractivity contribution in [3.8, 4) is 45.8 Å². The Balaban J connectivity index is 1.89. The minimum atomic E-state index is -1.88. The number of fused-ring (bicyclic) bond motifs is 1. The third-order valence-electron chi connectivity index (χ3n) is 5.38. The van der Waals surface area contributed by atoms with Crippen molar-refractivity contribution >= 4 is 11.0 Å². The molecule has 2 heterocycles. The number of phenolic OH excluding ortho intramolecular Hbond substituents is 4. The van der Waals surface area contributed by atoms with E-state index in [1.807, 2.05) is 0 Å². The first-order chi connectivity index (χ1) is 16.0. The molecule has 0 aliphatic carbocycles. The highest BCUT2D eigenvalue weighted by Gasteiger charge is 2.45. The van der Waals surface area contributed by atoms with Crippen LogP contribution in [0.3, 0.4) is 0 Å². The lowest BCUT2D eigenvalue weighted by atomic mass is 9.99. The molecule has 3 aromatic rings. The van der Waals surface area contributed by atoms with Crippen LogP contribution in [-0.2, 0) is 4.74 Å². The van der Waals surface area contributed by atoms with Crippen LogP contribution in [0.4, 0.5) is 0 Å². The van der Waals surface area contributed by atoms with E-state index in [0.717, 1.165) is 12.1 Å². The molecule has 9 N–H and O–H groups in total. The van der Waals surface area contributed by atoms with Gasteiger partial charge in [0.1, 0.15) is 35.6 Å². The fourth-order valence-corrected chi connectivity index (χ4v) is 3.56. The van der Waals surface area contributed by atoms with E-state index < -0.39 is 94.0 Å². The van der Waals surface area contributed by atoms with Gasteiger partial charge >= 0.3 is 0 Å². The maximum absolute atomic E-state index is 12.8. The molecule has 1 fully saturated rings. The lowest BCUT2D eigenvalue weighted by molar-refractivity contribution is -0.277. The molecule has 1 unspecified atom stereocenters. The number of aliphatic hydroxyl groups is 4. The maximum Gasteiger partial charge on any atom is 0.238 e. The quantitative estimate of drug-likeness (QED) is 0.208. The number of hydrogen-bond donors (Lipinski definition) is 9. The highest BCUT2D eigenvalue weighted by atomic mass is 16.7. The van der Waals surface area contributed by atoms with Crippen LogP contribution in [-0.4, -0.2) is 83.3 Å². The Kier molecular flexibility index (Phi) is 5.89. The van der Waals surface area contributed by atoms with Gasteiger partial charge in [-0.3, -0.25) is 4.79 Å². The molecular weight excluding hydrogens is 460 g/mol. The molecule has 1 saturated heterocycles. The average molecular weight is 480 g/mol. The Morgan fingerprint density at radius 2 is 1.56 bits per heavy atom. The van der Waals surface area contributed by atoms with Gasteiger partial charge < -0.3 is 59.8 Å². The zero-order chi connectivity index (χ0) is 24.9. The molecule has 0 spiro atoms. The Morgan fingerprint density at radius 1 is 0.853 bits per heavy atom. The van der Waals surface area contributed by atoms with Crippen LogP contribution in [0, 0.1) is 0 Å². The van der Waals surface area contributed by atoms with Gasteiger partial charge in [-0.05, 0) is 18.2 Å². The summed E-state index contributed by atoms with van der Waals surface area (Å²) in [6.45, 7) is -0.759. The third-order valence-corrected chi connectivity index (χ3v) is 5.38. The molecule has 0 bridgehead atoms. The van der Waals surface area contributed by atoms with Gasteiger partial charge in [-0.15, -0.1) is 0 Å². The van der Waals surface area contributed by atoms with Gasteiger partial charge in [-0.2, -0.15) is 0 Å². The average Bonchev–Trinajstić information content (AvgIpc) is 2.80. The fourth-order valence-electron chi connectivity index (χ4n) is 3.56. The van der Waals surface area contributed by atoms with Crippen LogP contribution in [0.15, 0.2) is 33.5 Å². The Bertz CT molecular complexity index is 1300. The van der Waals surface area contributed by atoms with Crippen LogP contribution in [0.2, 0.25) is 0 Å². The van der Waals surface area contributed by atoms with Gasteiger partial charge in [0.2, 0.25) is 23.2 Å².